The number of nitrogens with one attached hydrogen (secondary N) is 1. The van der Waals surface area contributed by atoms with Gasteiger partial charge in [-0.1, -0.05) is 50.6 Å². The minimum Gasteiger partial charge on any atom is -0.370 e. The van der Waals surface area contributed by atoms with E-state index in [1.807, 2.05) is 0 Å². The number of aryl methyl sites for hydroxylation is 1. The number of hydrogen-bond donors (Lipinski definition) is 1. The van der Waals surface area contributed by atoms with E-state index in [1.165, 1.54) is 5.56 Å². The number of hydrogen-bond acceptors (Lipinski definition) is 3. The average Bonchev–Trinajstić information content (AvgIpc) is 2.45. The van der Waals surface area contributed by atoms with Crippen LogP contribution in [0, 0.1) is 6.92 Å². The molecule has 0 unspecified atom stereocenters. The van der Waals surface area contributed by atoms with Crippen LogP contribution in [0.5, 0.6) is 0 Å². The molecule has 0 saturated carbocycles. The second kappa shape index (κ2) is 6.51. The SMILES string of the molecule is CCCNc1cc(C(C)C)nc(-c2ccc(C)cc2)n1. The van der Waals surface area contributed by atoms with E-state index in [0.717, 1.165) is 35.9 Å². The molecule has 106 valence electrons. The van der Waals surface area contributed by atoms with E-state index in [0.29, 0.717) is 5.92 Å². The van der Waals surface area contributed by atoms with Gasteiger partial charge in [0, 0.05) is 23.9 Å². The van der Waals surface area contributed by atoms with Crippen molar-refractivity contribution in [2.45, 2.75) is 40.0 Å². The Morgan fingerprint density at radius 3 is 2.40 bits per heavy atom. The molecular weight excluding hydrogens is 246 g/mol. The van der Waals surface area contributed by atoms with E-state index in [9.17, 15) is 0 Å². The Labute approximate surface area is 121 Å². The summed E-state index contributed by atoms with van der Waals surface area (Å²) in [6.45, 7) is 9.49. The maximum Gasteiger partial charge on any atom is 0.161 e. The van der Waals surface area contributed by atoms with Crippen molar-refractivity contribution in [1.29, 1.82) is 0 Å². The van der Waals surface area contributed by atoms with Crippen LogP contribution in [0.15, 0.2) is 30.3 Å². The van der Waals surface area contributed by atoms with E-state index in [4.69, 9.17) is 0 Å². The summed E-state index contributed by atoms with van der Waals surface area (Å²) in [6, 6.07) is 10.4. The van der Waals surface area contributed by atoms with Gasteiger partial charge in [0.25, 0.3) is 0 Å². The molecule has 1 heterocycles. The minimum atomic E-state index is 0.393. The summed E-state index contributed by atoms with van der Waals surface area (Å²) in [5, 5.41) is 3.36. The molecule has 2 aromatic rings. The third-order valence-electron chi connectivity index (χ3n) is 3.20. The summed E-state index contributed by atoms with van der Waals surface area (Å²) in [5.41, 5.74) is 3.39. The second-order valence-electron chi connectivity index (χ2n) is 5.45. The number of nitrogens with zero attached hydrogens (tertiary/aromatic N) is 2. The van der Waals surface area contributed by atoms with Crippen LogP contribution in [0.4, 0.5) is 5.82 Å². The molecule has 0 aliphatic carbocycles. The first kappa shape index (κ1) is 14.5. The molecule has 1 aromatic heterocycles. The molecule has 0 radical (unpaired) electrons. The van der Waals surface area contributed by atoms with Crippen LogP contribution in [0.25, 0.3) is 11.4 Å². The summed E-state index contributed by atoms with van der Waals surface area (Å²) in [6.07, 6.45) is 1.08. The van der Waals surface area contributed by atoms with E-state index in [2.05, 4.69) is 73.3 Å². The van der Waals surface area contributed by atoms with Gasteiger partial charge in [-0.2, -0.15) is 0 Å². The Bertz CT molecular complexity index is 559. The maximum absolute atomic E-state index is 4.69. The lowest BCUT2D eigenvalue weighted by Gasteiger charge is -2.11. The fraction of sp³-hybridized carbons (Fsp3) is 0.412. The summed E-state index contributed by atoms with van der Waals surface area (Å²) < 4.78 is 0. The van der Waals surface area contributed by atoms with Crippen molar-refractivity contribution in [1.82, 2.24) is 9.97 Å². The molecule has 0 fully saturated rings. The van der Waals surface area contributed by atoms with Crippen molar-refractivity contribution in [3.8, 4) is 11.4 Å². The molecule has 1 N–H and O–H groups in total. The first-order valence-electron chi connectivity index (χ1n) is 7.30. The van der Waals surface area contributed by atoms with Gasteiger partial charge in [0.2, 0.25) is 0 Å². The summed E-state index contributed by atoms with van der Waals surface area (Å²) >= 11 is 0. The fourth-order valence-corrected chi connectivity index (χ4v) is 1.94. The van der Waals surface area contributed by atoms with Gasteiger partial charge in [-0.3, -0.25) is 0 Å². The molecule has 20 heavy (non-hydrogen) atoms. The first-order chi connectivity index (χ1) is 9.60. The van der Waals surface area contributed by atoms with Crippen molar-refractivity contribution < 1.29 is 0 Å². The Kier molecular flexibility index (Phi) is 4.72. The second-order valence-corrected chi connectivity index (χ2v) is 5.45. The molecule has 0 atom stereocenters. The lowest BCUT2D eigenvalue weighted by Crippen LogP contribution is -2.06. The maximum atomic E-state index is 4.69. The van der Waals surface area contributed by atoms with Crippen LogP contribution >= 0.6 is 0 Å². The molecule has 0 saturated heterocycles. The highest BCUT2D eigenvalue weighted by atomic mass is 15.0. The van der Waals surface area contributed by atoms with E-state index in [-0.39, 0.29) is 0 Å². The molecule has 0 aliphatic heterocycles. The van der Waals surface area contributed by atoms with Crippen LogP contribution in [0.3, 0.4) is 0 Å². The highest BCUT2D eigenvalue weighted by Gasteiger charge is 2.09. The predicted octanol–water partition coefficient (Wildman–Crippen LogP) is 4.40. The average molecular weight is 269 g/mol. The van der Waals surface area contributed by atoms with Crippen LogP contribution < -0.4 is 5.32 Å². The van der Waals surface area contributed by atoms with Gasteiger partial charge < -0.3 is 5.32 Å². The Morgan fingerprint density at radius 2 is 1.80 bits per heavy atom. The fourth-order valence-electron chi connectivity index (χ4n) is 1.94. The molecular formula is C17H23N3. The Balaban J connectivity index is 2.40. The van der Waals surface area contributed by atoms with Crippen molar-refractivity contribution in [3.05, 3.63) is 41.6 Å². The summed E-state index contributed by atoms with van der Waals surface area (Å²) in [5.74, 6) is 2.11. The molecule has 2 rings (SSSR count). The van der Waals surface area contributed by atoms with E-state index >= 15 is 0 Å². The third kappa shape index (κ3) is 3.56. The van der Waals surface area contributed by atoms with Gasteiger partial charge in [0.15, 0.2) is 5.82 Å². The lowest BCUT2D eigenvalue weighted by molar-refractivity contribution is 0.816. The van der Waals surface area contributed by atoms with Gasteiger partial charge in [-0.15, -0.1) is 0 Å². The van der Waals surface area contributed by atoms with Gasteiger partial charge in [-0.05, 0) is 19.3 Å². The van der Waals surface area contributed by atoms with Crippen molar-refractivity contribution in [3.63, 3.8) is 0 Å². The van der Waals surface area contributed by atoms with Crippen molar-refractivity contribution >= 4 is 5.82 Å². The monoisotopic (exact) mass is 269 g/mol. The van der Waals surface area contributed by atoms with Crippen molar-refractivity contribution in [2.24, 2.45) is 0 Å². The molecule has 0 bridgehead atoms. The zero-order valence-corrected chi connectivity index (χ0v) is 12.8. The Morgan fingerprint density at radius 1 is 1.10 bits per heavy atom. The smallest absolute Gasteiger partial charge is 0.161 e. The third-order valence-corrected chi connectivity index (χ3v) is 3.20. The molecule has 0 spiro atoms. The molecule has 0 amide bonds. The van der Waals surface area contributed by atoms with Gasteiger partial charge in [0.1, 0.15) is 5.82 Å². The van der Waals surface area contributed by atoms with Crippen LogP contribution in [0.2, 0.25) is 0 Å². The lowest BCUT2D eigenvalue weighted by atomic mass is 10.1. The zero-order valence-electron chi connectivity index (χ0n) is 12.8. The van der Waals surface area contributed by atoms with Crippen molar-refractivity contribution in [2.75, 3.05) is 11.9 Å². The van der Waals surface area contributed by atoms with Crippen LogP contribution in [0.1, 0.15) is 44.4 Å². The molecule has 1 aromatic carbocycles. The number of rotatable bonds is 5. The predicted molar refractivity (Wildman–Crippen MR) is 85.1 cm³/mol. The zero-order chi connectivity index (χ0) is 14.5. The largest absolute Gasteiger partial charge is 0.370 e. The first-order valence-corrected chi connectivity index (χ1v) is 7.30. The van der Waals surface area contributed by atoms with E-state index in [1.54, 1.807) is 0 Å². The number of benzene rings is 1. The summed E-state index contributed by atoms with van der Waals surface area (Å²) in [4.78, 5) is 9.32. The normalized spacial score (nSPS) is 10.8. The molecule has 3 heteroatoms. The number of anilines is 1. The summed E-state index contributed by atoms with van der Waals surface area (Å²) in [7, 11) is 0. The Hall–Kier alpha value is -1.90. The standard InChI is InChI=1S/C17H23N3/c1-5-10-18-16-11-15(12(2)3)19-17(20-16)14-8-6-13(4)7-9-14/h6-9,11-12H,5,10H2,1-4H3,(H,18,19,20). The van der Waals surface area contributed by atoms with Crippen LogP contribution in [-0.2, 0) is 0 Å². The number of aromatic nitrogens is 2. The minimum absolute atomic E-state index is 0.393. The molecule has 3 nitrogen and oxygen atoms in total. The van der Waals surface area contributed by atoms with E-state index < -0.39 is 0 Å². The highest BCUT2D eigenvalue weighted by molar-refractivity contribution is 5.58. The van der Waals surface area contributed by atoms with Crippen LogP contribution in [-0.4, -0.2) is 16.5 Å². The highest BCUT2D eigenvalue weighted by Crippen LogP contribution is 2.22. The van der Waals surface area contributed by atoms with Gasteiger partial charge in [0.05, 0.1) is 0 Å². The van der Waals surface area contributed by atoms with Gasteiger partial charge >= 0.3 is 0 Å². The molecule has 0 aliphatic rings. The quantitative estimate of drug-likeness (QED) is 0.874. The van der Waals surface area contributed by atoms with Gasteiger partial charge in [-0.25, -0.2) is 9.97 Å². The topological polar surface area (TPSA) is 37.8 Å².